The van der Waals surface area contributed by atoms with Crippen LogP contribution in [0.15, 0.2) is 47.6 Å². The van der Waals surface area contributed by atoms with E-state index in [4.69, 9.17) is 0 Å². The average molecular weight is 306 g/mol. The number of aromatic nitrogens is 2. The van der Waals surface area contributed by atoms with Gasteiger partial charge in [-0.15, -0.1) is 0 Å². The van der Waals surface area contributed by atoms with Crippen LogP contribution in [0.2, 0.25) is 0 Å². The molecular weight excluding hydrogens is 284 g/mol. The Hall–Kier alpha value is -2.62. The van der Waals surface area contributed by atoms with Gasteiger partial charge in [-0.3, -0.25) is 0 Å². The van der Waals surface area contributed by atoms with Crippen molar-refractivity contribution < 1.29 is 0 Å². The number of fused-ring (bicyclic) bond motifs is 1. The molecule has 0 radical (unpaired) electrons. The van der Waals surface area contributed by atoms with Crippen molar-refractivity contribution in [2.24, 2.45) is 5.10 Å². The molecule has 2 aromatic carbocycles. The smallest absolute Gasteiger partial charge is 0.224 e. The van der Waals surface area contributed by atoms with E-state index in [0.29, 0.717) is 0 Å². The van der Waals surface area contributed by atoms with E-state index in [-0.39, 0.29) is 0 Å². The van der Waals surface area contributed by atoms with Gasteiger partial charge in [0.15, 0.2) is 0 Å². The molecule has 0 unspecified atom stereocenters. The molecule has 23 heavy (non-hydrogen) atoms. The zero-order valence-electron chi connectivity index (χ0n) is 14.1. The average Bonchev–Trinajstić information content (AvgIpc) is 2.92. The summed E-state index contributed by atoms with van der Waals surface area (Å²) in [7, 11) is 0. The van der Waals surface area contributed by atoms with Crippen molar-refractivity contribution in [2.45, 2.75) is 34.2 Å². The zero-order valence-corrected chi connectivity index (χ0v) is 14.1. The Bertz CT molecular complexity index is 874. The summed E-state index contributed by atoms with van der Waals surface area (Å²) in [6, 6.07) is 14.6. The summed E-state index contributed by atoms with van der Waals surface area (Å²) in [5, 5.41) is 4.55. The van der Waals surface area contributed by atoms with E-state index in [1.54, 1.807) is 0 Å². The molecule has 3 rings (SSSR count). The first-order valence-corrected chi connectivity index (χ1v) is 7.93. The number of hydrazone groups is 1. The molecule has 0 spiro atoms. The quantitative estimate of drug-likeness (QED) is 0.569. The molecular formula is C19H22N4. The van der Waals surface area contributed by atoms with E-state index < -0.39 is 0 Å². The highest BCUT2D eigenvalue weighted by Crippen LogP contribution is 2.19. The van der Waals surface area contributed by atoms with E-state index >= 15 is 0 Å². The molecule has 4 nitrogen and oxygen atoms in total. The molecule has 1 N–H and O–H groups in total. The minimum Gasteiger partial charge on any atom is -0.309 e. The SMILES string of the molecule is CCn1c(N/N=C(\C)c2cc(C)ccc2C)nc2ccccc21. The number of rotatable bonds is 4. The first-order chi connectivity index (χ1) is 11.1. The normalized spacial score (nSPS) is 11.9. The molecule has 118 valence electrons. The van der Waals surface area contributed by atoms with Crippen LogP contribution in [0.1, 0.15) is 30.5 Å². The number of benzene rings is 2. The predicted molar refractivity (Wildman–Crippen MR) is 97.2 cm³/mol. The van der Waals surface area contributed by atoms with Crippen molar-refractivity contribution in [2.75, 3.05) is 5.43 Å². The standard InChI is InChI=1S/C19H22N4/c1-5-23-18-9-7-6-8-17(18)20-19(23)22-21-15(4)16-12-13(2)10-11-14(16)3/h6-12H,5H2,1-4H3,(H,20,22)/b21-15+. The molecule has 0 aliphatic heterocycles. The highest BCUT2D eigenvalue weighted by molar-refractivity contribution is 6.00. The molecule has 4 heteroatoms. The zero-order chi connectivity index (χ0) is 16.4. The van der Waals surface area contributed by atoms with Gasteiger partial charge >= 0.3 is 0 Å². The number of hydrogen-bond donors (Lipinski definition) is 1. The van der Waals surface area contributed by atoms with Crippen molar-refractivity contribution in [1.29, 1.82) is 0 Å². The van der Waals surface area contributed by atoms with Crippen molar-refractivity contribution in [3.63, 3.8) is 0 Å². The van der Waals surface area contributed by atoms with Crippen LogP contribution >= 0.6 is 0 Å². The summed E-state index contributed by atoms with van der Waals surface area (Å²) in [6.07, 6.45) is 0. The van der Waals surface area contributed by atoms with E-state index in [1.165, 1.54) is 11.1 Å². The van der Waals surface area contributed by atoms with Gasteiger partial charge in [0, 0.05) is 12.1 Å². The Labute approximate surface area is 136 Å². The minimum atomic E-state index is 0.776. The molecule has 0 aliphatic rings. The summed E-state index contributed by atoms with van der Waals surface area (Å²) in [5.41, 5.74) is 9.83. The van der Waals surface area contributed by atoms with Crippen molar-refractivity contribution in [3.8, 4) is 0 Å². The van der Waals surface area contributed by atoms with Gasteiger partial charge in [0.2, 0.25) is 5.95 Å². The highest BCUT2D eigenvalue weighted by atomic mass is 15.4. The largest absolute Gasteiger partial charge is 0.309 e. The van der Waals surface area contributed by atoms with E-state index in [1.807, 2.05) is 25.1 Å². The second-order valence-electron chi connectivity index (χ2n) is 5.80. The Morgan fingerprint density at radius 2 is 1.96 bits per heavy atom. The third-order valence-corrected chi connectivity index (χ3v) is 4.08. The van der Waals surface area contributed by atoms with Gasteiger partial charge in [-0.25, -0.2) is 10.4 Å². The van der Waals surface area contributed by atoms with Crippen LogP contribution in [0.3, 0.4) is 0 Å². The van der Waals surface area contributed by atoms with Crippen molar-refractivity contribution in [3.05, 3.63) is 59.2 Å². The topological polar surface area (TPSA) is 42.2 Å². The van der Waals surface area contributed by atoms with Crippen LogP contribution in [0.25, 0.3) is 11.0 Å². The summed E-state index contributed by atoms with van der Waals surface area (Å²) in [4.78, 5) is 4.63. The summed E-state index contributed by atoms with van der Waals surface area (Å²) in [5.74, 6) is 0.776. The second kappa shape index (κ2) is 6.24. The Morgan fingerprint density at radius 1 is 1.17 bits per heavy atom. The van der Waals surface area contributed by atoms with Crippen molar-refractivity contribution >= 4 is 22.7 Å². The number of imidazole rings is 1. The van der Waals surface area contributed by atoms with Gasteiger partial charge in [0.05, 0.1) is 16.7 Å². The lowest BCUT2D eigenvalue weighted by Crippen LogP contribution is -2.06. The van der Waals surface area contributed by atoms with Crippen LogP contribution in [-0.4, -0.2) is 15.3 Å². The highest BCUT2D eigenvalue weighted by Gasteiger charge is 2.09. The Kier molecular flexibility index (Phi) is 4.15. The number of hydrogen-bond acceptors (Lipinski definition) is 3. The number of para-hydroxylation sites is 2. The van der Waals surface area contributed by atoms with Crippen LogP contribution in [-0.2, 0) is 6.54 Å². The summed E-state index contributed by atoms with van der Waals surface area (Å²) < 4.78 is 2.13. The van der Waals surface area contributed by atoms with Gasteiger partial charge in [-0.1, -0.05) is 29.8 Å². The van der Waals surface area contributed by atoms with Gasteiger partial charge in [-0.05, 0) is 51.5 Å². The fourth-order valence-electron chi connectivity index (χ4n) is 2.80. The molecule has 0 atom stereocenters. The predicted octanol–water partition coefficient (Wildman–Crippen LogP) is 4.51. The first-order valence-electron chi connectivity index (χ1n) is 7.93. The molecule has 0 amide bonds. The van der Waals surface area contributed by atoms with Crippen LogP contribution in [0.5, 0.6) is 0 Å². The molecule has 1 aromatic heterocycles. The third-order valence-electron chi connectivity index (χ3n) is 4.08. The fourth-order valence-corrected chi connectivity index (χ4v) is 2.80. The fraction of sp³-hybridized carbons (Fsp3) is 0.263. The second-order valence-corrected chi connectivity index (χ2v) is 5.80. The van der Waals surface area contributed by atoms with Gasteiger partial charge < -0.3 is 4.57 Å². The number of nitrogens with zero attached hydrogens (tertiary/aromatic N) is 3. The first kappa shape index (κ1) is 15.3. The molecule has 3 aromatic rings. The van der Waals surface area contributed by atoms with E-state index in [9.17, 15) is 0 Å². The van der Waals surface area contributed by atoms with Crippen LogP contribution in [0.4, 0.5) is 5.95 Å². The molecule has 0 fully saturated rings. The molecule has 0 bridgehead atoms. The lowest BCUT2D eigenvalue weighted by Gasteiger charge is -2.08. The Morgan fingerprint density at radius 3 is 2.74 bits per heavy atom. The number of anilines is 1. The minimum absolute atomic E-state index is 0.776. The van der Waals surface area contributed by atoms with Crippen LogP contribution in [0, 0.1) is 13.8 Å². The number of aryl methyl sites for hydroxylation is 3. The van der Waals surface area contributed by atoms with Gasteiger partial charge in [-0.2, -0.15) is 5.10 Å². The van der Waals surface area contributed by atoms with Gasteiger partial charge in [0.1, 0.15) is 0 Å². The summed E-state index contributed by atoms with van der Waals surface area (Å²) in [6.45, 7) is 9.18. The van der Waals surface area contributed by atoms with Crippen LogP contribution < -0.4 is 5.43 Å². The van der Waals surface area contributed by atoms with Gasteiger partial charge in [0.25, 0.3) is 0 Å². The monoisotopic (exact) mass is 306 g/mol. The molecule has 0 aliphatic carbocycles. The molecule has 0 saturated heterocycles. The number of nitrogens with one attached hydrogen (secondary N) is 1. The lowest BCUT2D eigenvalue weighted by molar-refractivity contribution is 0.791. The third kappa shape index (κ3) is 2.97. The van der Waals surface area contributed by atoms with E-state index in [2.05, 4.69) is 65.1 Å². The molecule has 1 heterocycles. The maximum absolute atomic E-state index is 4.63. The van der Waals surface area contributed by atoms with Crippen molar-refractivity contribution in [1.82, 2.24) is 9.55 Å². The maximum Gasteiger partial charge on any atom is 0.224 e. The maximum atomic E-state index is 4.63. The Balaban J connectivity index is 1.94. The molecule has 0 saturated carbocycles. The summed E-state index contributed by atoms with van der Waals surface area (Å²) >= 11 is 0. The van der Waals surface area contributed by atoms with E-state index in [0.717, 1.165) is 34.8 Å². The lowest BCUT2D eigenvalue weighted by atomic mass is 10.0.